The van der Waals surface area contributed by atoms with Gasteiger partial charge in [-0.1, -0.05) is 19.1 Å². The van der Waals surface area contributed by atoms with E-state index in [1.54, 1.807) is 0 Å². The molecule has 0 bridgehead atoms. The third-order valence-electron chi connectivity index (χ3n) is 2.80. The first kappa shape index (κ1) is 15.5. The number of hydrogen-bond acceptors (Lipinski definition) is 3. The highest BCUT2D eigenvalue weighted by atomic mass is 16.5. The fourth-order valence-corrected chi connectivity index (χ4v) is 1.70. The molecule has 0 aliphatic rings. The zero-order valence-corrected chi connectivity index (χ0v) is 12.0. The standard InChI is InChI=1S/C15H24N2O2/c1-4-14(16)12-5-7-13(8-6-12)19-10-9-15(18)17-11(2)3/h5-8,11,14H,4,9-10,16H2,1-3H3,(H,17,18). The van der Waals surface area contributed by atoms with E-state index in [2.05, 4.69) is 12.2 Å². The predicted octanol–water partition coefficient (Wildman–Crippen LogP) is 2.39. The van der Waals surface area contributed by atoms with Crippen LogP contribution in [0.5, 0.6) is 5.75 Å². The molecule has 1 rings (SSSR count). The van der Waals surface area contributed by atoms with E-state index in [9.17, 15) is 4.79 Å². The summed E-state index contributed by atoms with van der Waals surface area (Å²) in [6.07, 6.45) is 1.28. The topological polar surface area (TPSA) is 64.3 Å². The summed E-state index contributed by atoms with van der Waals surface area (Å²) in [7, 11) is 0. The number of ether oxygens (including phenoxy) is 1. The first-order valence-corrected chi connectivity index (χ1v) is 6.80. The Balaban J connectivity index is 2.36. The van der Waals surface area contributed by atoms with Gasteiger partial charge < -0.3 is 15.8 Å². The van der Waals surface area contributed by atoms with Gasteiger partial charge in [0.15, 0.2) is 0 Å². The van der Waals surface area contributed by atoms with Crippen molar-refractivity contribution in [2.75, 3.05) is 6.61 Å². The smallest absolute Gasteiger partial charge is 0.223 e. The summed E-state index contributed by atoms with van der Waals surface area (Å²) in [5.74, 6) is 0.782. The van der Waals surface area contributed by atoms with Crippen LogP contribution in [0.2, 0.25) is 0 Å². The van der Waals surface area contributed by atoms with Crippen molar-refractivity contribution in [3.05, 3.63) is 29.8 Å². The van der Waals surface area contributed by atoms with Gasteiger partial charge in [0.2, 0.25) is 5.91 Å². The summed E-state index contributed by atoms with van der Waals surface area (Å²) in [5.41, 5.74) is 7.04. The van der Waals surface area contributed by atoms with E-state index in [0.717, 1.165) is 17.7 Å². The SMILES string of the molecule is CCC(N)c1ccc(OCCC(=O)NC(C)C)cc1. The molecule has 3 N–H and O–H groups in total. The summed E-state index contributed by atoms with van der Waals surface area (Å²) in [6, 6.07) is 7.97. The lowest BCUT2D eigenvalue weighted by molar-refractivity contribution is -0.122. The van der Waals surface area contributed by atoms with Crippen molar-refractivity contribution in [2.45, 2.75) is 45.7 Å². The van der Waals surface area contributed by atoms with E-state index in [-0.39, 0.29) is 18.0 Å². The van der Waals surface area contributed by atoms with Crippen LogP contribution in [-0.2, 0) is 4.79 Å². The molecule has 1 aromatic rings. The number of carbonyl (C=O) groups is 1. The number of amides is 1. The molecule has 0 saturated heterocycles. The molecule has 0 aromatic heterocycles. The van der Waals surface area contributed by atoms with Crippen molar-refractivity contribution in [1.82, 2.24) is 5.32 Å². The molecule has 0 saturated carbocycles. The van der Waals surface area contributed by atoms with Gasteiger partial charge in [0, 0.05) is 12.1 Å². The molecule has 0 aliphatic carbocycles. The molecule has 0 spiro atoms. The monoisotopic (exact) mass is 264 g/mol. The predicted molar refractivity (Wildman–Crippen MR) is 77.1 cm³/mol. The number of hydrogen-bond donors (Lipinski definition) is 2. The van der Waals surface area contributed by atoms with Crippen molar-refractivity contribution in [2.24, 2.45) is 5.73 Å². The van der Waals surface area contributed by atoms with E-state index < -0.39 is 0 Å². The zero-order valence-electron chi connectivity index (χ0n) is 12.0. The molecule has 0 fully saturated rings. The number of carbonyl (C=O) groups excluding carboxylic acids is 1. The maximum absolute atomic E-state index is 11.4. The average Bonchev–Trinajstić information content (AvgIpc) is 2.37. The lowest BCUT2D eigenvalue weighted by Crippen LogP contribution is -2.31. The van der Waals surface area contributed by atoms with E-state index in [1.807, 2.05) is 38.1 Å². The van der Waals surface area contributed by atoms with Gasteiger partial charge >= 0.3 is 0 Å². The van der Waals surface area contributed by atoms with Crippen LogP contribution in [0.1, 0.15) is 45.2 Å². The Morgan fingerprint density at radius 2 is 1.95 bits per heavy atom. The van der Waals surface area contributed by atoms with E-state index in [4.69, 9.17) is 10.5 Å². The summed E-state index contributed by atoms with van der Waals surface area (Å²) in [6.45, 7) is 6.32. The van der Waals surface area contributed by atoms with Crippen LogP contribution in [0, 0.1) is 0 Å². The van der Waals surface area contributed by atoms with Crippen LogP contribution >= 0.6 is 0 Å². The van der Waals surface area contributed by atoms with Crippen LogP contribution in [-0.4, -0.2) is 18.6 Å². The van der Waals surface area contributed by atoms with Crippen LogP contribution < -0.4 is 15.8 Å². The maximum atomic E-state index is 11.4. The van der Waals surface area contributed by atoms with Gasteiger partial charge in [-0.05, 0) is 38.0 Å². The van der Waals surface area contributed by atoms with Crippen molar-refractivity contribution in [3.8, 4) is 5.75 Å². The Bertz CT molecular complexity index is 388. The molecule has 1 aromatic carbocycles. The lowest BCUT2D eigenvalue weighted by Gasteiger charge is -2.11. The molecule has 0 aliphatic heterocycles. The average molecular weight is 264 g/mol. The highest BCUT2D eigenvalue weighted by molar-refractivity contribution is 5.76. The summed E-state index contributed by atoms with van der Waals surface area (Å²) < 4.78 is 5.52. The number of benzene rings is 1. The summed E-state index contributed by atoms with van der Waals surface area (Å²) in [5, 5.41) is 2.83. The van der Waals surface area contributed by atoms with Gasteiger partial charge in [-0.2, -0.15) is 0 Å². The Kier molecular flexibility index (Phi) is 6.36. The fraction of sp³-hybridized carbons (Fsp3) is 0.533. The van der Waals surface area contributed by atoms with Crippen molar-refractivity contribution in [1.29, 1.82) is 0 Å². The molecular formula is C15H24N2O2. The van der Waals surface area contributed by atoms with Gasteiger partial charge in [-0.25, -0.2) is 0 Å². The number of nitrogens with two attached hydrogens (primary N) is 1. The zero-order chi connectivity index (χ0) is 14.3. The van der Waals surface area contributed by atoms with Gasteiger partial charge in [0.1, 0.15) is 5.75 Å². The quantitative estimate of drug-likeness (QED) is 0.794. The highest BCUT2D eigenvalue weighted by Crippen LogP contribution is 2.18. The van der Waals surface area contributed by atoms with Crippen molar-refractivity contribution >= 4 is 5.91 Å². The second-order valence-electron chi connectivity index (χ2n) is 4.90. The molecule has 0 radical (unpaired) electrons. The van der Waals surface area contributed by atoms with Crippen LogP contribution in [0.4, 0.5) is 0 Å². The molecule has 1 unspecified atom stereocenters. The lowest BCUT2D eigenvalue weighted by atomic mass is 10.1. The van der Waals surface area contributed by atoms with E-state index in [1.165, 1.54) is 0 Å². The van der Waals surface area contributed by atoms with Gasteiger partial charge in [-0.15, -0.1) is 0 Å². The second kappa shape index (κ2) is 7.79. The summed E-state index contributed by atoms with van der Waals surface area (Å²) in [4.78, 5) is 11.4. The first-order chi connectivity index (χ1) is 9.02. The highest BCUT2D eigenvalue weighted by Gasteiger charge is 2.05. The molecule has 106 valence electrons. The van der Waals surface area contributed by atoms with E-state index in [0.29, 0.717) is 13.0 Å². The van der Waals surface area contributed by atoms with Gasteiger partial charge in [0.25, 0.3) is 0 Å². The van der Waals surface area contributed by atoms with Gasteiger partial charge in [0.05, 0.1) is 13.0 Å². The normalized spacial score (nSPS) is 12.3. The minimum absolute atomic E-state index is 0.0135. The summed E-state index contributed by atoms with van der Waals surface area (Å²) >= 11 is 0. The Morgan fingerprint density at radius 3 is 2.47 bits per heavy atom. The largest absolute Gasteiger partial charge is 0.493 e. The van der Waals surface area contributed by atoms with Crippen LogP contribution in [0.15, 0.2) is 24.3 Å². The minimum atomic E-state index is 0.0135. The molecule has 4 nitrogen and oxygen atoms in total. The molecule has 0 heterocycles. The van der Waals surface area contributed by atoms with Gasteiger partial charge in [-0.3, -0.25) is 4.79 Å². The Labute approximate surface area is 115 Å². The first-order valence-electron chi connectivity index (χ1n) is 6.80. The minimum Gasteiger partial charge on any atom is -0.493 e. The number of rotatable bonds is 7. The van der Waals surface area contributed by atoms with Crippen molar-refractivity contribution in [3.63, 3.8) is 0 Å². The van der Waals surface area contributed by atoms with Crippen LogP contribution in [0.3, 0.4) is 0 Å². The number of nitrogens with one attached hydrogen (secondary N) is 1. The molecule has 19 heavy (non-hydrogen) atoms. The second-order valence-corrected chi connectivity index (χ2v) is 4.90. The third kappa shape index (κ3) is 5.75. The molecule has 1 atom stereocenters. The molecule has 1 amide bonds. The van der Waals surface area contributed by atoms with Crippen LogP contribution in [0.25, 0.3) is 0 Å². The maximum Gasteiger partial charge on any atom is 0.223 e. The fourth-order valence-electron chi connectivity index (χ4n) is 1.70. The third-order valence-corrected chi connectivity index (χ3v) is 2.80. The Morgan fingerprint density at radius 1 is 1.32 bits per heavy atom. The molecular weight excluding hydrogens is 240 g/mol. The van der Waals surface area contributed by atoms with E-state index >= 15 is 0 Å². The van der Waals surface area contributed by atoms with Crippen molar-refractivity contribution < 1.29 is 9.53 Å². The molecule has 4 heteroatoms. The Hall–Kier alpha value is -1.55.